The van der Waals surface area contributed by atoms with E-state index in [2.05, 4.69) is 11.8 Å². The van der Waals surface area contributed by atoms with E-state index in [1.165, 1.54) is 0 Å². The smallest absolute Gasteiger partial charge is 0.120 e. The lowest BCUT2D eigenvalue weighted by molar-refractivity contribution is -0.107. The lowest BCUT2D eigenvalue weighted by Gasteiger charge is -1.73. The van der Waals surface area contributed by atoms with Crippen molar-refractivity contribution in [3.63, 3.8) is 0 Å². The van der Waals surface area contributed by atoms with Gasteiger partial charge in [-0.05, 0) is 13.0 Å². The van der Waals surface area contributed by atoms with Crippen molar-refractivity contribution in [3.8, 4) is 11.8 Å². The van der Waals surface area contributed by atoms with Crippen LogP contribution in [0.5, 0.6) is 0 Å². The summed E-state index contributed by atoms with van der Waals surface area (Å²) in [5.74, 6) is 5.60. The highest BCUT2D eigenvalue weighted by Gasteiger charge is 1.72. The van der Waals surface area contributed by atoms with Gasteiger partial charge in [0.1, 0.15) is 6.29 Å². The van der Waals surface area contributed by atoms with Crippen LogP contribution < -0.4 is 0 Å². The number of hydrogen-bond acceptors (Lipinski definition) is 1. The highest BCUT2D eigenvalue weighted by Crippen LogP contribution is 1.78. The molecule has 0 fully saturated rings. The van der Waals surface area contributed by atoms with Crippen LogP contribution in [0.25, 0.3) is 0 Å². The molecule has 0 aliphatic rings. The summed E-state index contributed by atoms with van der Waals surface area (Å²) in [5.41, 5.74) is 0. The number of carbonyl (C=O) groups is 1. The van der Waals surface area contributed by atoms with Gasteiger partial charge in [0.25, 0.3) is 0 Å². The van der Waals surface area contributed by atoms with Crippen molar-refractivity contribution in [2.45, 2.75) is 19.8 Å². The Hall–Kier alpha value is -1.03. The minimum atomic E-state index is 0.546. The predicted molar refractivity (Wildman–Crippen MR) is 37.9 cm³/mol. The molecule has 0 atom stereocenters. The molecular formula is C8H10O. The molecule has 0 radical (unpaired) electrons. The van der Waals surface area contributed by atoms with Gasteiger partial charge in [-0.3, -0.25) is 0 Å². The van der Waals surface area contributed by atoms with Crippen LogP contribution in [0.3, 0.4) is 0 Å². The average Bonchev–Trinajstić information content (AvgIpc) is 1.89. The van der Waals surface area contributed by atoms with Gasteiger partial charge in [-0.25, -0.2) is 0 Å². The molecule has 0 rings (SSSR count). The third-order valence-corrected chi connectivity index (χ3v) is 0.739. The van der Waals surface area contributed by atoms with Crippen LogP contribution in [0.1, 0.15) is 19.8 Å². The minimum Gasteiger partial charge on any atom is -0.303 e. The van der Waals surface area contributed by atoms with Crippen LogP contribution in [-0.2, 0) is 4.79 Å². The molecule has 0 bridgehead atoms. The van der Waals surface area contributed by atoms with Gasteiger partial charge in [-0.1, -0.05) is 17.9 Å². The summed E-state index contributed by atoms with van der Waals surface area (Å²) in [5, 5.41) is 0. The van der Waals surface area contributed by atoms with E-state index in [1.54, 1.807) is 6.08 Å². The van der Waals surface area contributed by atoms with Crippen LogP contribution >= 0.6 is 0 Å². The van der Waals surface area contributed by atoms with Gasteiger partial charge in [0.2, 0.25) is 0 Å². The standard InChI is InChI=1S/C8H10O/c1-2-3-4-5-6-7-8-9/h2-3,8H,6-7H2,1H3/b3-2+. The van der Waals surface area contributed by atoms with Crippen molar-refractivity contribution in [2.24, 2.45) is 0 Å². The third-order valence-electron chi connectivity index (χ3n) is 0.739. The number of carbonyl (C=O) groups excluding carboxylic acids is 1. The Labute approximate surface area is 55.8 Å². The number of allylic oxidation sites excluding steroid dienone is 2. The fourth-order valence-corrected chi connectivity index (χ4v) is 0.346. The number of rotatable bonds is 2. The molecule has 0 aliphatic carbocycles. The molecular weight excluding hydrogens is 112 g/mol. The molecule has 1 heteroatoms. The second-order valence-electron chi connectivity index (χ2n) is 1.53. The van der Waals surface area contributed by atoms with E-state index < -0.39 is 0 Å². The van der Waals surface area contributed by atoms with E-state index in [9.17, 15) is 4.79 Å². The molecule has 0 heterocycles. The first-order valence-corrected chi connectivity index (χ1v) is 2.95. The quantitative estimate of drug-likeness (QED) is 0.308. The maximum atomic E-state index is 9.75. The van der Waals surface area contributed by atoms with Crippen molar-refractivity contribution in [2.75, 3.05) is 0 Å². The summed E-state index contributed by atoms with van der Waals surface area (Å²) in [7, 11) is 0. The van der Waals surface area contributed by atoms with Crippen molar-refractivity contribution in [3.05, 3.63) is 12.2 Å². The Kier molecular flexibility index (Phi) is 6.17. The van der Waals surface area contributed by atoms with Gasteiger partial charge in [0.05, 0.1) is 0 Å². The maximum absolute atomic E-state index is 9.75. The number of hydrogen-bond donors (Lipinski definition) is 0. The van der Waals surface area contributed by atoms with Crippen molar-refractivity contribution in [1.82, 2.24) is 0 Å². The Morgan fingerprint density at radius 2 is 2.33 bits per heavy atom. The van der Waals surface area contributed by atoms with Gasteiger partial charge >= 0.3 is 0 Å². The molecule has 0 amide bonds. The zero-order chi connectivity index (χ0) is 6.95. The second kappa shape index (κ2) is 6.97. The second-order valence-corrected chi connectivity index (χ2v) is 1.53. The van der Waals surface area contributed by atoms with Crippen LogP contribution in [0.15, 0.2) is 12.2 Å². The molecule has 0 aliphatic heterocycles. The van der Waals surface area contributed by atoms with Crippen LogP contribution in [0.4, 0.5) is 0 Å². The average molecular weight is 122 g/mol. The van der Waals surface area contributed by atoms with Crippen molar-refractivity contribution < 1.29 is 4.79 Å². The fraction of sp³-hybridized carbons (Fsp3) is 0.375. The zero-order valence-corrected chi connectivity index (χ0v) is 5.55. The first kappa shape index (κ1) is 7.97. The molecule has 0 N–H and O–H groups in total. The summed E-state index contributed by atoms with van der Waals surface area (Å²) in [6.07, 6.45) is 5.74. The van der Waals surface area contributed by atoms with Gasteiger partial charge in [0, 0.05) is 12.8 Å². The van der Waals surface area contributed by atoms with Gasteiger partial charge in [-0.2, -0.15) is 0 Å². The Bertz CT molecular complexity index is 146. The predicted octanol–water partition coefficient (Wildman–Crippen LogP) is 1.54. The maximum Gasteiger partial charge on any atom is 0.120 e. The normalized spacial score (nSPS) is 8.56. The molecule has 0 aromatic rings. The fourth-order valence-electron chi connectivity index (χ4n) is 0.346. The third kappa shape index (κ3) is 6.97. The molecule has 0 saturated heterocycles. The van der Waals surface area contributed by atoms with Crippen LogP contribution in [-0.4, -0.2) is 6.29 Å². The van der Waals surface area contributed by atoms with Crippen molar-refractivity contribution in [1.29, 1.82) is 0 Å². The van der Waals surface area contributed by atoms with E-state index in [1.807, 2.05) is 13.0 Å². The molecule has 0 unspecified atom stereocenters. The van der Waals surface area contributed by atoms with E-state index in [0.717, 1.165) is 6.29 Å². The summed E-state index contributed by atoms with van der Waals surface area (Å²) in [6.45, 7) is 1.91. The first-order valence-electron chi connectivity index (χ1n) is 2.95. The molecule has 1 nitrogen and oxygen atoms in total. The van der Waals surface area contributed by atoms with Gasteiger partial charge < -0.3 is 4.79 Å². The van der Waals surface area contributed by atoms with Crippen molar-refractivity contribution >= 4 is 6.29 Å². The lowest BCUT2D eigenvalue weighted by atomic mass is 10.3. The highest BCUT2D eigenvalue weighted by atomic mass is 16.1. The molecule has 0 spiro atoms. The first-order chi connectivity index (χ1) is 4.41. The Balaban J connectivity index is 3.26. The summed E-state index contributed by atoms with van der Waals surface area (Å²) < 4.78 is 0. The Morgan fingerprint density at radius 3 is 2.89 bits per heavy atom. The van der Waals surface area contributed by atoms with Crippen LogP contribution in [0, 0.1) is 11.8 Å². The van der Waals surface area contributed by atoms with E-state index >= 15 is 0 Å². The summed E-state index contributed by atoms with van der Waals surface area (Å²) in [6, 6.07) is 0. The van der Waals surface area contributed by atoms with Crippen LogP contribution in [0.2, 0.25) is 0 Å². The minimum absolute atomic E-state index is 0.546. The zero-order valence-electron chi connectivity index (χ0n) is 5.55. The number of unbranched alkanes of at least 4 members (excludes halogenated alkanes) is 1. The van der Waals surface area contributed by atoms with E-state index in [0.29, 0.717) is 12.8 Å². The SMILES string of the molecule is C/C=C/C#CCCC=O. The van der Waals surface area contributed by atoms with E-state index in [4.69, 9.17) is 0 Å². The summed E-state index contributed by atoms with van der Waals surface area (Å²) >= 11 is 0. The summed E-state index contributed by atoms with van der Waals surface area (Å²) in [4.78, 5) is 9.75. The monoisotopic (exact) mass is 122 g/mol. The van der Waals surface area contributed by atoms with Gasteiger partial charge in [-0.15, -0.1) is 0 Å². The Morgan fingerprint density at radius 1 is 1.56 bits per heavy atom. The number of aldehydes is 1. The van der Waals surface area contributed by atoms with E-state index in [-0.39, 0.29) is 0 Å². The largest absolute Gasteiger partial charge is 0.303 e. The highest BCUT2D eigenvalue weighted by molar-refractivity contribution is 5.49. The molecule has 0 aromatic carbocycles. The molecule has 0 saturated carbocycles. The lowest BCUT2D eigenvalue weighted by Crippen LogP contribution is -1.69. The topological polar surface area (TPSA) is 17.1 Å². The molecule has 0 aromatic heterocycles. The molecule has 48 valence electrons. The molecule has 9 heavy (non-hydrogen) atoms. The van der Waals surface area contributed by atoms with Gasteiger partial charge in [0.15, 0.2) is 0 Å².